The Morgan fingerprint density at radius 1 is 1.64 bits per heavy atom. The molecule has 0 radical (unpaired) electrons. The van der Waals surface area contributed by atoms with Gasteiger partial charge in [-0.15, -0.1) is 6.58 Å². The zero-order chi connectivity index (χ0) is 8.69. The predicted octanol–water partition coefficient (Wildman–Crippen LogP) is 0.766. The third-order valence-corrected chi connectivity index (χ3v) is 2.62. The zero-order valence-electron chi connectivity index (χ0n) is 7.39. The molecule has 0 aliphatic rings. The minimum atomic E-state index is -0.523. The molecule has 0 rings (SSSR count). The van der Waals surface area contributed by atoms with E-state index in [0.29, 0.717) is 0 Å². The second kappa shape index (κ2) is 6.16. The Labute approximate surface area is 71.0 Å². The van der Waals surface area contributed by atoms with E-state index < -0.39 is 9.68 Å². The molecular weight excluding hydrogens is 154 g/mol. The van der Waals surface area contributed by atoms with Crippen molar-refractivity contribution in [2.45, 2.75) is 26.7 Å². The number of hydrogen-bond acceptors (Lipinski definition) is 1. The number of rotatable bonds is 5. The molecule has 64 valence electrons. The number of nitrogens with one attached hydrogen (secondary N) is 1. The van der Waals surface area contributed by atoms with Gasteiger partial charge in [0.15, 0.2) is 0 Å². The Kier molecular flexibility index (Phi) is 5.84. The number of carbonyl (C=O) groups is 1. The normalized spacial score (nSPS) is 10.8. The fourth-order valence-corrected chi connectivity index (χ4v) is 1.61. The topological polar surface area (TPSA) is 29.1 Å². The summed E-state index contributed by atoms with van der Waals surface area (Å²) in [5, 5.41) is 0. The average Bonchev–Trinajstić information content (AvgIpc) is 2.03. The lowest BCUT2D eigenvalue weighted by molar-refractivity contribution is -0.123. The van der Waals surface area contributed by atoms with E-state index in [0.717, 1.165) is 12.8 Å². The van der Waals surface area contributed by atoms with Crippen molar-refractivity contribution < 1.29 is 4.79 Å². The van der Waals surface area contributed by atoms with Crippen LogP contribution in [0.1, 0.15) is 26.7 Å². The molecule has 0 saturated carbocycles. The van der Waals surface area contributed by atoms with E-state index in [9.17, 15) is 4.79 Å². The summed E-state index contributed by atoms with van der Waals surface area (Å²) in [6, 6.07) is 0. The van der Waals surface area contributed by atoms with Crippen LogP contribution in [0.25, 0.3) is 0 Å². The highest BCUT2D eigenvalue weighted by molar-refractivity contribution is 6.42. The van der Waals surface area contributed by atoms with Gasteiger partial charge in [0.1, 0.15) is 9.68 Å². The molecule has 0 unspecified atom stereocenters. The van der Waals surface area contributed by atoms with Crippen molar-refractivity contribution in [3.8, 4) is 0 Å². The molecule has 0 heterocycles. The molecular formula is C8H17NOSi. The van der Waals surface area contributed by atoms with Crippen LogP contribution in [0.15, 0.2) is 12.3 Å². The first kappa shape index (κ1) is 10.4. The summed E-state index contributed by atoms with van der Waals surface area (Å²) in [5.41, 5.74) is 1.83. The van der Waals surface area contributed by atoms with Gasteiger partial charge >= 0.3 is 0 Å². The van der Waals surface area contributed by atoms with Crippen molar-refractivity contribution in [2.24, 2.45) is 5.92 Å². The van der Waals surface area contributed by atoms with E-state index in [2.05, 4.69) is 11.6 Å². The lowest BCUT2D eigenvalue weighted by atomic mass is 10.0. The predicted molar refractivity (Wildman–Crippen MR) is 51.0 cm³/mol. The van der Waals surface area contributed by atoms with Gasteiger partial charge in [-0.25, -0.2) is 0 Å². The standard InChI is InChI=1S/C8H17NOSi/c1-4-7(5-2)8(10)9-11-6-3/h6-7H,3-5,11H2,1-2H3,(H,9,10). The van der Waals surface area contributed by atoms with Crippen LogP contribution in [0.5, 0.6) is 0 Å². The Bertz CT molecular complexity index is 132. The molecule has 0 aromatic heterocycles. The van der Waals surface area contributed by atoms with E-state index in [1.807, 2.05) is 19.5 Å². The fourth-order valence-electron chi connectivity index (χ4n) is 0.977. The van der Waals surface area contributed by atoms with Crippen LogP contribution >= 0.6 is 0 Å². The molecule has 2 nitrogen and oxygen atoms in total. The first-order valence-electron chi connectivity index (χ1n) is 4.14. The van der Waals surface area contributed by atoms with Crippen LogP contribution in [0, 0.1) is 5.92 Å². The third kappa shape index (κ3) is 3.98. The van der Waals surface area contributed by atoms with Gasteiger partial charge < -0.3 is 4.98 Å². The van der Waals surface area contributed by atoms with Crippen LogP contribution in [0.2, 0.25) is 0 Å². The molecule has 0 spiro atoms. The van der Waals surface area contributed by atoms with Gasteiger partial charge in [-0.2, -0.15) is 0 Å². The summed E-state index contributed by atoms with van der Waals surface area (Å²) >= 11 is 0. The minimum absolute atomic E-state index is 0.210. The van der Waals surface area contributed by atoms with Crippen molar-refractivity contribution in [2.75, 3.05) is 0 Å². The molecule has 0 aliphatic carbocycles. The van der Waals surface area contributed by atoms with Crippen LogP contribution in [-0.2, 0) is 4.79 Å². The molecule has 0 saturated heterocycles. The smallest absolute Gasteiger partial charge is 0.215 e. The van der Waals surface area contributed by atoms with Gasteiger partial charge in [0, 0.05) is 5.92 Å². The SMILES string of the molecule is C=C[SiH2]NC(=O)C(CC)CC. The van der Waals surface area contributed by atoms with Gasteiger partial charge in [0.05, 0.1) is 0 Å². The van der Waals surface area contributed by atoms with Crippen LogP contribution in [0.3, 0.4) is 0 Å². The van der Waals surface area contributed by atoms with E-state index in [4.69, 9.17) is 0 Å². The third-order valence-electron chi connectivity index (χ3n) is 1.78. The van der Waals surface area contributed by atoms with Crippen molar-refractivity contribution >= 4 is 15.6 Å². The number of amides is 1. The van der Waals surface area contributed by atoms with Gasteiger partial charge in [0.25, 0.3) is 0 Å². The van der Waals surface area contributed by atoms with Gasteiger partial charge in [0.2, 0.25) is 5.91 Å². The molecule has 0 bridgehead atoms. The highest BCUT2D eigenvalue weighted by Gasteiger charge is 2.11. The maximum absolute atomic E-state index is 11.2. The highest BCUT2D eigenvalue weighted by Crippen LogP contribution is 2.06. The summed E-state index contributed by atoms with van der Waals surface area (Å²) in [7, 11) is -0.523. The first-order chi connectivity index (χ1) is 5.26. The maximum Gasteiger partial charge on any atom is 0.215 e. The van der Waals surface area contributed by atoms with E-state index in [1.165, 1.54) is 0 Å². The highest BCUT2D eigenvalue weighted by atomic mass is 28.2. The lowest BCUT2D eigenvalue weighted by Gasteiger charge is -2.10. The van der Waals surface area contributed by atoms with Gasteiger partial charge in [-0.05, 0) is 12.8 Å². The second-order valence-corrected chi connectivity index (χ2v) is 3.89. The lowest BCUT2D eigenvalue weighted by Crippen LogP contribution is -2.32. The minimum Gasteiger partial charge on any atom is -0.384 e. The molecule has 0 fully saturated rings. The molecule has 11 heavy (non-hydrogen) atoms. The Hall–Kier alpha value is -0.573. The monoisotopic (exact) mass is 171 g/mol. The Morgan fingerprint density at radius 3 is 2.55 bits per heavy atom. The summed E-state index contributed by atoms with van der Waals surface area (Å²) in [6.07, 6.45) is 1.88. The average molecular weight is 171 g/mol. The zero-order valence-corrected chi connectivity index (χ0v) is 8.81. The van der Waals surface area contributed by atoms with E-state index >= 15 is 0 Å². The molecule has 0 aromatic carbocycles. The van der Waals surface area contributed by atoms with E-state index in [1.54, 1.807) is 0 Å². The number of carbonyl (C=O) groups excluding carboxylic acids is 1. The van der Waals surface area contributed by atoms with Crippen molar-refractivity contribution in [1.82, 2.24) is 4.98 Å². The molecule has 3 heteroatoms. The number of hydrogen-bond donors (Lipinski definition) is 1. The summed E-state index contributed by atoms with van der Waals surface area (Å²) in [6.45, 7) is 7.68. The van der Waals surface area contributed by atoms with Crippen molar-refractivity contribution in [3.05, 3.63) is 12.3 Å². The van der Waals surface area contributed by atoms with Crippen molar-refractivity contribution in [3.63, 3.8) is 0 Å². The summed E-state index contributed by atoms with van der Waals surface area (Å²) < 4.78 is 0. The maximum atomic E-state index is 11.2. The summed E-state index contributed by atoms with van der Waals surface area (Å²) in [4.78, 5) is 14.2. The van der Waals surface area contributed by atoms with Crippen LogP contribution in [-0.4, -0.2) is 15.6 Å². The van der Waals surface area contributed by atoms with Crippen LogP contribution < -0.4 is 4.98 Å². The van der Waals surface area contributed by atoms with Crippen molar-refractivity contribution in [1.29, 1.82) is 0 Å². The second-order valence-electron chi connectivity index (χ2n) is 2.55. The van der Waals surface area contributed by atoms with Gasteiger partial charge in [-0.3, -0.25) is 4.79 Å². The fraction of sp³-hybridized carbons (Fsp3) is 0.625. The molecule has 1 amide bonds. The molecule has 1 N–H and O–H groups in total. The quantitative estimate of drug-likeness (QED) is 0.608. The Balaban J connectivity index is 3.69. The Morgan fingerprint density at radius 2 is 2.18 bits per heavy atom. The molecule has 0 aliphatic heterocycles. The van der Waals surface area contributed by atoms with Gasteiger partial charge in [-0.1, -0.05) is 19.5 Å². The largest absolute Gasteiger partial charge is 0.384 e. The van der Waals surface area contributed by atoms with E-state index in [-0.39, 0.29) is 11.8 Å². The van der Waals surface area contributed by atoms with Crippen LogP contribution in [0.4, 0.5) is 0 Å². The first-order valence-corrected chi connectivity index (χ1v) is 5.67. The molecule has 0 atom stereocenters. The molecule has 0 aromatic rings. The summed E-state index contributed by atoms with van der Waals surface area (Å²) in [5.74, 6) is 0.420.